The summed E-state index contributed by atoms with van der Waals surface area (Å²) < 4.78 is 5.68. The Hall–Kier alpha value is -1.52. The number of ether oxygens (including phenoxy) is 1. The van der Waals surface area contributed by atoms with E-state index in [2.05, 4.69) is 33.8 Å². The fourth-order valence-electron chi connectivity index (χ4n) is 4.15. The number of likely N-dealkylation sites (tertiary alicyclic amines) is 2. The van der Waals surface area contributed by atoms with Crippen molar-refractivity contribution in [2.75, 3.05) is 33.3 Å². The van der Waals surface area contributed by atoms with Crippen molar-refractivity contribution < 1.29 is 4.74 Å². The summed E-state index contributed by atoms with van der Waals surface area (Å²) in [6, 6.07) is 5.18. The monoisotopic (exact) mass is 313 g/mol. The van der Waals surface area contributed by atoms with Gasteiger partial charge >= 0.3 is 0 Å². The van der Waals surface area contributed by atoms with Gasteiger partial charge in [-0.25, -0.2) is 0 Å². The Balaban J connectivity index is 1.51. The molecule has 2 aliphatic heterocycles. The average Bonchev–Trinajstić information content (AvgIpc) is 3.00. The van der Waals surface area contributed by atoms with Gasteiger partial charge in [0.2, 0.25) is 0 Å². The summed E-state index contributed by atoms with van der Waals surface area (Å²) in [6.07, 6.45) is 6.05. The fraction of sp³-hybridized carbons (Fsp3) is 0.579. The van der Waals surface area contributed by atoms with Gasteiger partial charge in [-0.05, 0) is 70.1 Å². The molecule has 4 rings (SSSR count). The SMILES string of the molecule is COc1cc(C)c2[nH]ccc2c1CN1CCC(N2CCC2)CC1. The molecule has 23 heavy (non-hydrogen) atoms. The summed E-state index contributed by atoms with van der Waals surface area (Å²) in [5, 5.41) is 1.31. The third kappa shape index (κ3) is 2.74. The predicted molar refractivity (Wildman–Crippen MR) is 94.1 cm³/mol. The summed E-state index contributed by atoms with van der Waals surface area (Å²) in [4.78, 5) is 8.63. The van der Waals surface area contributed by atoms with E-state index in [1.54, 1.807) is 7.11 Å². The highest BCUT2D eigenvalue weighted by atomic mass is 16.5. The van der Waals surface area contributed by atoms with Crippen molar-refractivity contribution in [3.8, 4) is 5.75 Å². The van der Waals surface area contributed by atoms with Crippen molar-refractivity contribution in [2.45, 2.75) is 38.8 Å². The lowest BCUT2D eigenvalue weighted by atomic mass is 9.98. The quantitative estimate of drug-likeness (QED) is 0.941. The lowest BCUT2D eigenvalue weighted by Crippen LogP contribution is -2.50. The van der Waals surface area contributed by atoms with Crippen molar-refractivity contribution in [3.63, 3.8) is 0 Å². The van der Waals surface area contributed by atoms with Gasteiger partial charge in [-0.15, -0.1) is 0 Å². The molecule has 124 valence electrons. The molecule has 0 bridgehead atoms. The number of aromatic nitrogens is 1. The maximum Gasteiger partial charge on any atom is 0.124 e. The van der Waals surface area contributed by atoms with Gasteiger partial charge in [-0.1, -0.05) is 0 Å². The number of hydrogen-bond donors (Lipinski definition) is 1. The van der Waals surface area contributed by atoms with Gasteiger partial charge in [0, 0.05) is 35.2 Å². The Morgan fingerprint density at radius 3 is 2.65 bits per heavy atom. The fourth-order valence-corrected chi connectivity index (χ4v) is 4.15. The van der Waals surface area contributed by atoms with E-state index < -0.39 is 0 Å². The van der Waals surface area contributed by atoms with Gasteiger partial charge in [-0.2, -0.15) is 0 Å². The molecule has 0 saturated carbocycles. The maximum absolute atomic E-state index is 5.68. The van der Waals surface area contributed by atoms with Crippen molar-refractivity contribution in [2.24, 2.45) is 0 Å². The first-order valence-corrected chi connectivity index (χ1v) is 8.86. The van der Waals surface area contributed by atoms with E-state index in [0.717, 1.165) is 18.3 Å². The second-order valence-electron chi connectivity index (χ2n) is 7.04. The minimum atomic E-state index is 0.826. The minimum Gasteiger partial charge on any atom is -0.496 e. The second kappa shape index (κ2) is 6.17. The van der Waals surface area contributed by atoms with E-state index in [4.69, 9.17) is 4.74 Å². The zero-order valence-corrected chi connectivity index (χ0v) is 14.3. The van der Waals surface area contributed by atoms with Crippen LogP contribution in [0, 0.1) is 6.92 Å². The van der Waals surface area contributed by atoms with Gasteiger partial charge in [0.05, 0.1) is 7.11 Å². The van der Waals surface area contributed by atoms with Crippen molar-refractivity contribution in [3.05, 3.63) is 29.5 Å². The Morgan fingerprint density at radius 2 is 2.00 bits per heavy atom. The van der Waals surface area contributed by atoms with E-state index in [0.29, 0.717) is 0 Å². The number of aromatic amines is 1. The number of aryl methyl sites for hydroxylation is 1. The lowest BCUT2D eigenvalue weighted by Gasteiger charge is -2.43. The first-order chi connectivity index (χ1) is 11.3. The zero-order chi connectivity index (χ0) is 15.8. The molecule has 0 aliphatic carbocycles. The third-order valence-electron chi connectivity index (χ3n) is 5.68. The number of nitrogens with one attached hydrogen (secondary N) is 1. The van der Waals surface area contributed by atoms with Crippen molar-refractivity contribution >= 4 is 10.9 Å². The molecule has 4 heteroatoms. The molecular weight excluding hydrogens is 286 g/mol. The van der Waals surface area contributed by atoms with Crippen LogP contribution in [0.1, 0.15) is 30.4 Å². The largest absolute Gasteiger partial charge is 0.496 e. The molecule has 1 aromatic heterocycles. The van der Waals surface area contributed by atoms with Crippen LogP contribution >= 0.6 is 0 Å². The van der Waals surface area contributed by atoms with Gasteiger partial charge in [0.15, 0.2) is 0 Å². The molecule has 1 N–H and O–H groups in total. The molecule has 2 aliphatic rings. The summed E-state index contributed by atoms with van der Waals surface area (Å²) >= 11 is 0. The summed E-state index contributed by atoms with van der Waals surface area (Å²) in [6.45, 7) is 8.17. The molecule has 3 heterocycles. The van der Waals surface area contributed by atoms with Gasteiger partial charge < -0.3 is 14.6 Å². The van der Waals surface area contributed by atoms with Crippen LogP contribution in [-0.4, -0.2) is 54.1 Å². The van der Waals surface area contributed by atoms with Crippen LogP contribution in [0.4, 0.5) is 0 Å². The molecule has 2 aromatic rings. The molecular formula is C19H27N3O. The maximum atomic E-state index is 5.68. The minimum absolute atomic E-state index is 0.826. The number of piperidine rings is 1. The average molecular weight is 313 g/mol. The van der Waals surface area contributed by atoms with E-state index in [1.807, 2.05) is 6.20 Å². The molecule has 2 fully saturated rings. The first kappa shape index (κ1) is 15.0. The summed E-state index contributed by atoms with van der Waals surface area (Å²) in [7, 11) is 1.78. The standard InChI is InChI=1S/C19H27N3O/c1-14-12-18(23-2)17(16-4-7-20-19(14)16)13-21-10-5-15(6-11-21)22-8-3-9-22/h4,7,12,15,20H,3,5-6,8-11,13H2,1-2H3. The Bertz CT molecular complexity index is 681. The van der Waals surface area contributed by atoms with Crippen molar-refractivity contribution in [1.82, 2.24) is 14.8 Å². The number of benzene rings is 1. The van der Waals surface area contributed by atoms with Crippen LogP contribution in [0.25, 0.3) is 10.9 Å². The molecule has 0 unspecified atom stereocenters. The predicted octanol–water partition coefficient (Wildman–Crippen LogP) is 3.16. The molecule has 0 radical (unpaired) electrons. The summed E-state index contributed by atoms with van der Waals surface area (Å²) in [5.74, 6) is 1.03. The zero-order valence-electron chi connectivity index (χ0n) is 14.3. The normalized spacial score (nSPS) is 20.8. The first-order valence-electron chi connectivity index (χ1n) is 8.86. The molecule has 0 spiro atoms. The highest BCUT2D eigenvalue weighted by Crippen LogP contribution is 2.32. The van der Waals surface area contributed by atoms with Crippen LogP contribution in [0.15, 0.2) is 18.3 Å². The van der Waals surface area contributed by atoms with E-state index in [-0.39, 0.29) is 0 Å². The Kier molecular flexibility index (Phi) is 4.04. The summed E-state index contributed by atoms with van der Waals surface area (Å²) in [5.41, 5.74) is 3.83. The second-order valence-corrected chi connectivity index (χ2v) is 7.04. The Morgan fingerprint density at radius 1 is 1.22 bits per heavy atom. The number of H-pyrrole nitrogens is 1. The topological polar surface area (TPSA) is 31.5 Å². The van der Waals surface area contributed by atoms with Gasteiger partial charge in [0.25, 0.3) is 0 Å². The molecule has 2 saturated heterocycles. The molecule has 0 atom stereocenters. The smallest absolute Gasteiger partial charge is 0.124 e. The highest BCUT2D eigenvalue weighted by molar-refractivity contribution is 5.88. The number of rotatable bonds is 4. The van der Waals surface area contributed by atoms with E-state index in [9.17, 15) is 0 Å². The number of hydrogen-bond acceptors (Lipinski definition) is 3. The van der Waals surface area contributed by atoms with Crippen LogP contribution < -0.4 is 4.74 Å². The van der Waals surface area contributed by atoms with Crippen LogP contribution in [-0.2, 0) is 6.54 Å². The number of methoxy groups -OCH3 is 1. The van der Waals surface area contributed by atoms with Gasteiger partial charge in [-0.3, -0.25) is 4.90 Å². The third-order valence-corrected chi connectivity index (χ3v) is 5.68. The van der Waals surface area contributed by atoms with E-state index in [1.165, 1.54) is 67.5 Å². The number of fused-ring (bicyclic) bond motifs is 1. The van der Waals surface area contributed by atoms with Crippen LogP contribution in [0.2, 0.25) is 0 Å². The van der Waals surface area contributed by atoms with Crippen molar-refractivity contribution in [1.29, 1.82) is 0 Å². The van der Waals surface area contributed by atoms with Crippen LogP contribution in [0.3, 0.4) is 0 Å². The van der Waals surface area contributed by atoms with Gasteiger partial charge in [0.1, 0.15) is 5.75 Å². The highest BCUT2D eigenvalue weighted by Gasteiger charge is 2.28. The van der Waals surface area contributed by atoms with E-state index >= 15 is 0 Å². The Labute approximate surface area is 138 Å². The molecule has 0 amide bonds. The number of nitrogens with zero attached hydrogens (tertiary/aromatic N) is 2. The molecule has 4 nitrogen and oxygen atoms in total. The molecule has 1 aromatic carbocycles. The lowest BCUT2D eigenvalue weighted by molar-refractivity contribution is 0.0611. The van der Waals surface area contributed by atoms with Crippen LogP contribution in [0.5, 0.6) is 5.75 Å².